The fourth-order valence-electron chi connectivity index (χ4n) is 1.93. The number of halogens is 4. The monoisotopic (exact) mass is 411 g/mol. The maximum absolute atomic E-state index is 13.0. The van der Waals surface area contributed by atoms with Crippen molar-refractivity contribution in [1.82, 2.24) is 9.97 Å². The average molecular weight is 413 g/mol. The molecule has 3 aromatic rings. The maximum Gasteiger partial charge on any atom is 0.163 e. The lowest BCUT2D eigenvalue weighted by atomic mass is 10.2. The van der Waals surface area contributed by atoms with E-state index in [9.17, 15) is 4.39 Å². The molecule has 0 amide bonds. The van der Waals surface area contributed by atoms with Crippen LogP contribution in [0.1, 0.15) is 0 Å². The Morgan fingerprint density at radius 1 is 0.957 bits per heavy atom. The van der Waals surface area contributed by atoms with Gasteiger partial charge in [-0.1, -0.05) is 23.2 Å². The highest BCUT2D eigenvalue weighted by Crippen LogP contribution is 2.28. The van der Waals surface area contributed by atoms with Crippen molar-refractivity contribution in [1.29, 1.82) is 0 Å². The van der Waals surface area contributed by atoms with Crippen LogP contribution in [0, 0.1) is 5.82 Å². The van der Waals surface area contributed by atoms with Crippen LogP contribution in [0.25, 0.3) is 11.4 Å². The van der Waals surface area contributed by atoms with E-state index in [1.165, 1.54) is 12.1 Å². The first-order valence-corrected chi connectivity index (χ1v) is 8.09. The summed E-state index contributed by atoms with van der Waals surface area (Å²) in [5, 5.41) is 3.98. The second kappa shape index (κ2) is 6.83. The van der Waals surface area contributed by atoms with Crippen LogP contribution in [0.15, 0.2) is 53.0 Å². The molecular formula is C16H9BrCl2FN3. The maximum atomic E-state index is 13.0. The Morgan fingerprint density at radius 3 is 2.39 bits per heavy atom. The van der Waals surface area contributed by atoms with Crippen LogP contribution in [-0.2, 0) is 0 Å². The topological polar surface area (TPSA) is 37.8 Å². The van der Waals surface area contributed by atoms with E-state index < -0.39 is 0 Å². The fraction of sp³-hybridized carbons (Fsp3) is 0. The van der Waals surface area contributed by atoms with Gasteiger partial charge in [0.15, 0.2) is 5.82 Å². The summed E-state index contributed by atoms with van der Waals surface area (Å²) in [5.74, 6) is 0.601. The Morgan fingerprint density at radius 2 is 1.70 bits per heavy atom. The molecular weight excluding hydrogens is 404 g/mol. The lowest BCUT2D eigenvalue weighted by molar-refractivity contribution is 0.628. The van der Waals surface area contributed by atoms with Crippen LogP contribution in [0.3, 0.4) is 0 Å². The highest BCUT2D eigenvalue weighted by Gasteiger charge is 2.07. The van der Waals surface area contributed by atoms with Gasteiger partial charge in [0, 0.05) is 21.8 Å². The van der Waals surface area contributed by atoms with Gasteiger partial charge in [-0.15, -0.1) is 0 Å². The number of hydrogen-bond donors (Lipinski definition) is 1. The summed E-state index contributed by atoms with van der Waals surface area (Å²) in [6.45, 7) is 0. The van der Waals surface area contributed by atoms with E-state index in [0.717, 1.165) is 10.2 Å². The highest BCUT2D eigenvalue weighted by molar-refractivity contribution is 9.10. The molecule has 0 aliphatic heterocycles. The number of anilines is 2. The Balaban J connectivity index is 1.93. The van der Waals surface area contributed by atoms with E-state index in [-0.39, 0.29) is 11.0 Å². The number of nitrogens with one attached hydrogen (secondary N) is 1. The quantitative estimate of drug-likeness (QED) is 0.528. The van der Waals surface area contributed by atoms with Gasteiger partial charge >= 0.3 is 0 Å². The molecule has 1 heterocycles. The summed E-state index contributed by atoms with van der Waals surface area (Å²) >= 11 is 15.5. The molecule has 0 aliphatic carbocycles. The number of aromatic nitrogens is 2. The first kappa shape index (κ1) is 16.2. The smallest absolute Gasteiger partial charge is 0.163 e. The number of rotatable bonds is 3. The molecule has 0 bridgehead atoms. The zero-order chi connectivity index (χ0) is 16.4. The third kappa shape index (κ3) is 3.99. The lowest BCUT2D eigenvalue weighted by Gasteiger charge is -2.09. The van der Waals surface area contributed by atoms with Crippen molar-refractivity contribution < 1.29 is 4.39 Å². The minimum Gasteiger partial charge on any atom is -0.340 e. The average Bonchev–Trinajstić information content (AvgIpc) is 2.51. The van der Waals surface area contributed by atoms with E-state index >= 15 is 0 Å². The van der Waals surface area contributed by atoms with Crippen LogP contribution in [-0.4, -0.2) is 9.97 Å². The molecule has 1 N–H and O–H groups in total. The molecule has 0 radical (unpaired) electrons. The van der Waals surface area contributed by atoms with Crippen LogP contribution >= 0.6 is 39.1 Å². The van der Waals surface area contributed by atoms with Gasteiger partial charge in [0.25, 0.3) is 0 Å². The standard InChI is InChI=1S/C16H9BrCl2FN3/c17-12-6-5-11(7-13(12)18)21-15-8-14(19)22-16(23-15)9-1-3-10(20)4-2-9/h1-8H,(H,21,22,23). The van der Waals surface area contributed by atoms with E-state index in [1.807, 2.05) is 12.1 Å². The number of benzene rings is 2. The van der Waals surface area contributed by atoms with Gasteiger partial charge < -0.3 is 5.32 Å². The summed E-state index contributed by atoms with van der Waals surface area (Å²) in [6.07, 6.45) is 0. The normalized spacial score (nSPS) is 10.6. The molecule has 0 aliphatic rings. The molecule has 2 aromatic carbocycles. The molecule has 116 valence electrons. The third-order valence-corrected chi connectivity index (χ3v) is 4.42. The van der Waals surface area contributed by atoms with Crippen molar-refractivity contribution in [2.75, 3.05) is 5.32 Å². The lowest BCUT2D eigenvalue weighted by Crippen LogP contribution is -1.98. The van der Waals surface area contributed by atoms with Gasteiger partial charge in [0.05, 0.1) is 5.02 Å². The fourth-order valence-corrected chi connectivity index (χ4v) is 2.54. The van der Waals surface area contributed by atoms with Crippen molar-refractivity contribution in [3.05, 3.63) is 69.0 Å². The molecule has 0 saturated carbocycles. The first-order chi connectivity index (χ1) is 11.0. The zero-order valence-electron chi connectivity index (χ0n) is 11.5. The third-order valence-electron chi connectivity index (χ3n) is 2.99. The zero-order valence-corrected chi connectivity index (χ0v) is 14.6. The Kier molecular flexibility index (Phi) is 4.80. The molecule has 23 heavy (non-hydrogen) atoms. The number of nitrogens with zero attached hydrogens (tertiary/aromatic N) is 2. The summed E-state index contributed by atoms with van der Waals surface area (Å²) in [6, 6.07) is 12.9. The molecule has 0 fully saturated rings. The minimum atomic E-state index is -0.321. The van der Waals surface area contributed by atoms with E-state index in [1.54, 1.807) is 24.3 Å². The van der Waals surface area contributed by atoms with Crippen molar-refractivity contribution in [2.24, 2.45) is 0 Å². The largest absolute Gasteiger partial charge is 0.340 e. The van der Waals surface area contributed by atoms with Crippen LogP contribution < -0.4 is 5.32 Å². The molecule has 3 nitrogen and oxygen atoms in total. The van der Waals surface area contributed by atoms with Crippen molar-refractivity contribution in [2.45, 2.75) is 0 Å². The van der Waals surface area contributed by atoms with Gasteiger partial charge in [0.2, 0.25) is 0 Å². The molecule has 0 saturated heterocycles. The van der Waals surface area contributed by atoms with E-state index in [4.69, 9.17) is 23.2 Å². The van der Waals surface area contributed by atoms with Gasteiger partial charge in [-0.3, -0.25) is 0 Å². The van der Waals surface area contributed by atoms with Crippen LogP contribution in [0.4, 0.5) is 15.9 Å². The van der Waals surface area contributed by atoms with Gasteiger partial charge in [0.1, 0.15) is 16.8 Å². The Hall–Kier alpha value is -1.69. The van der Waals surface area contributed by atoms with Gasteiger partial charge in [-0.2, -0.15) is 0 Å². The highest BCUT2D eigenvalue weighted by atomic mass is 79.9. The summed E-state index contributed by atoms with van der Waals surface area (Å²) in [4.78, 5) is 8.56. The molecule has 7 heteroatoms. The molecule has 0 atom stereocenters. The van der Waals surface area contributed by atoms with E-state index in [2.05, 4.69) is 31.2 Å². The van der Waals surface area contributed by atoms with Crippen LogP contribution in [0.5, 0.6) is 0 Å². The van der Waals surface area contributed by atoms with Crippen molar-refractivity contribution in [3.8, 4) is 11.4 Å². The van der Waals surface area contributed by atoms with Crippen LogP contribution in [0.2, 0.25) is 10.2 Å². The summed E-state index contributed by atoms with van der Waals surface area (Å²) < 4.78 is 13.8. The number of hydrogen-bond acceptors (Lipinski definition) is 3. The second-order valence-corrected chi connectivity index (χ2v) is 6.31. The first-order valence-electron chi connectivity index (χ1n) is 6.54. The minimum absolute atomic E-state index is 0.282. The molecule has 1 aromatic heterocycles. The van der Waals surface area contributed by atoms with E-state index in [0.29, 0.717) is 22.2 Å². The predicted octanol–water partition coefficient (Wildman–Crippen LogP) is 6.10. The molecule has 0 unspecified atom stereocenters. The Labute approximate surface area is 150 Å². The van der Waals surface area contributed by atoms with Gasteiger partial charge in [-0.05, 0) is 58.4 Å². The molecule has 3 rings (SSSR count). The second-order valence-electron chi connectivity index (χ2n) is 4.66. The summed E-state index contributed by atoms with van der Waals surface area (Å²) in [7, 11) is 0. The SMILES string of the molecule is Fc1ccc(-c2nc(Cl)cc(Nc3ccc(Br)c(Cl)c3)n2)cc1. The van der Waals surface area contributed by atoms with Gasteiger partial charge in [-0.25, -0.2) is 14.4 Å². The predicted molar refractivity (Wildman–Crippen MR) is 94.9 cm³/mol. The van der Waals surface area contributed by atoms with Crippen molar-refractivity contribution >= 4 is 50.6 Å². The van der Waals surface area contributed by atoms with Crippen molar-refractivity contribution in [3.63, 3.8) is 0 Å². The Bertz CT molecular complexity index is 856. The molecule has 0 spiro atoms. The summed E-state index contributed by atoms with van der Waals surface area (Å²) in [5.41, 5.74) is 1.43.